The van der Waals surface area contributed by atoms with Gasteiger partial charge in [-0.3, -0.25) is 9.59 Å². The van der Waals surface area contributed by atoms with Crippen LogP contribution in [-0.4, -0.2) is 42.0 Å². The number of benzene rings is 1. The lowest BCUT2D eigenvalue weighted by atomic mass is 9.86. The van der Waals surface area contributed by atoms with Gasteiger partial charge in [0, 0.05) is 37.2 Å². The summed E-state index contributed by atoms with van der Waals surface area (Å²) in [6.45, 7) is 3.71. The fourth-order valence-electron chi connectivity index (χ4n) is 3.84. The van der Waals surface area contributed by atoms with Crippen LogP contribution in [0.1, 0.15) is 31.2 Å². The van der Waals surface area contributed by atoms with Gasteiger partial charge in [0.2, 0.25) is 5.91 Å². The van der Waals surface area contributed by atoms with E-state index in [0.717, 1.165) is 17.7 Å². The maximum absolute atomic E-state index is 14.0. The lowest BCUT2D eigenvalue weighted by Gasteiger charge is -2.25. The highest BCUT2D eigenvalue weighted by Gasteiger charge is 2.56. The fraction of sp³-hybridized carbons (Fsp3) is 0.556. The molecule has 1 spiro atoms. The van der Waals surface area contributed by atoms with E-state index in [1.807, 2.05) is 36.1 Å². The standard InChI is InChI=1S/C18H21FN2O2/c1-13-2-4-14(5-3-13)21-12-17(10-15(21)22)8-9-20(11-17)16(23)18(19)6-7-18/h2-5H,6-12H2,1H3/t17-/m0/s1. The molecule has 0 N–H and O–H groups in total. The number of aryl methyl sites for hydroxylation is 1. The van der Waals surface area contributed by atoms with E-state index in [2.05, 4.69) is 0 Å². The van der Waals surface area contributed by atoms with E-state index in [1.165, 1.54) is 0 Å². The van der Waals surface area contributed by atoms with Gasteiger partial charge in [-0.1, -0.05) is 17.7 Å². The SMILES string of the molecule is Cc1ccc(N2C[C@@]3(CCN(C(=O)C4(F)CC4)C3)CC2=O)cc1. The number of nitrogens with zero attached hydrogens (tertiary/aromatic N) is 2. The number of rotatable bonds is 2. The number of alkyl halides is 1. The molecule has 0 aromatic heterocycles. The summed E-state index contributed by atoms with van der Waals surface area (Å²) in [5.74, 6) is -0.264. The highest BCUT2D eigenvalue weighted by atomic mass is 19.1. The summed E-state index contributed by atoms with van der Waals surface area (Å²) >= 11 is 0. The molecule has 5 heteroatoms. The molecule has 0 bridgehead atoms. The molecule has 2 saturated heterocycles. The Balaban J connectivity index is 1.50. The summed E-state index contributed by atoms with van der Waals surface area (Å²) in [7, 11) is 0. The van der Waals surface area contributed by atoms with Gasteiger partial charge in [0.05, 0.1) is 0 Å². The van der Waals surface area contributed by atoms with Crippen molar-refractivity contribution in [3.63, 3.8) is 0 Å². The molecule has 1 aliphatic carbocycles. The smallest absolute Gasteiger partial charge is 0.260 e. The van der Waals surface area contributed by atoms with Crippen molar-refractivity contribution >= 4 is 17.5 Å². The van der Waals surface area contributed by atoms with Crippen LogP contribution in [0.3, 0.4) is 0 Å². The number of hydrogen-bond acceptors (Lipinski definition) is 2. The van der Waals surface area contributed by atoms with E-state index >= 15 is 0 Å². The lowest BCUT2D eigenvalue weighted by Crippen LogP contribution is -2.39. The van der Waals surface area contributed by atoms with Gasteiger partial charge in [-0.15, -0.1) is 0 Å². The number of carbonyl (C=O) groups excluding carboxylic acids is 2. The van der Waals surface area contributed by atoms with Gasteiger partial charge in [0.1, 0.15) is 0 Å². The van der Waals surface area contributed by atoms with Crippen molar-refractivity contribution in [1.82, 2.24) is 4.90 Å². The normalized spacial score (nSPS) is 28.7. The Morgan fingerprint density at radius 1 is 1.13 bits per heavy atom. The first-order valence-corrected chi connectivity index (χ1v) is 8.26. The summed E-state index contributed by atoms with van der Waals surface area (Å²) in [6.07, 6.45) is 1.93. The van der Waals surface area contributed by atoms with Gasteiger partial charge in [0.25, 0.3) is 5.91 Å². The second kappa shape index (κ2) is 4.79. The molecule has 3 aliphatic rings. The van der Waals surface area contributed by atoms with E-state index in [4.69, 9.17) is 0 Å². The lowest BCUT2D eigenvalue weighted by molar-refractivity contribution is -0.137. The van der Waals surface area contributed by atoms with Gasteiger partial charge < -0.3 is 9.80 Å². The zero-order chi connectivity index (χ0) is 16.2. The molecule has 1 atom stereocenters. The average Bonchev–Trinajstić information content (AvgIpc) is 3.02. The van der Waals surface area contributed by atoms with Crippen LogP contribution in [0.25, 0.3) is 0 Å². The largest absolute Gasteiger partial charge is 0.339 e. The van der Waals surface area contributed by atoms with Gasteiger partial charge in [-0.25, -0.2) is 4.39 Å². The molecular formula is C18H21FN2O2. The first-order chi connectivity index (χ1) is 10.9. The van der Waals surface area contributed by atoms with Crippen molar-refractivity contribution in [2.75, 3.05) is 24.5 Å². The number of likely N-dealkylation sites (tertiary alicyclic amines) is 1. The minimum atomic E-state index is -1.61. The van der Waals surface area contributed by atoms with Crippen LogP contribution in [-0.2, 0) is 9.59 Å². The van der Waals surface area contributed by atoms with Crippen LogP contribution in [0.4, 0.5) is 10.1 Å². The molecule has 0 radical (unpaired) electrons. The molecule has 122 valence electrons. The molecule has 3 fully saturated rings. The van der Waals surface area contributed by atoms with Crippen LogP contribution < -0.4 is 4.90 Å². The molecule has 2 aliphatic heterocycles. The minimum absolute atomic E-state index is 0.101. The van der Waals surface area contributed by atoms with E-state index in [-0.39, 0.29) is 17.2 Å². The van der Waals surface area contributed by atoms with Crippen LogP contribution in [0, 0.1) is 12.3 Å². The second-order valence-corrected chi connectivity index (χ2v) is 7.43. The van der Waals surface area contributed by atoms with Gasteiger partial charge in [0.15, 0.2) is 5.67 Å². The van der Waals surface area contributed by atoms with Gasteiger partial charge >= 0.3 is 0 Å². The molecule has 4 nitrogen and oxygen atoms in total. The first-order valence-electron chi connectivity index (χ1n) is 8.26. The van der Waals surface area contributed by atoms with Crippen molar-refractivity contribution in [2.24, 2.45) is 5.41 Å². The topological polar surface area (TPSA) is 40.6 Å². The molecule has 1 aromatic rings. The zero-order valence-corrected chi connectivity index (χ0v) is 13.3. The maximum Gasteiger partial charge on any atom is 0.260 e. The highest BCUT2D eigenvalue weighted by Crippen LogP contribution is 2.46. The van der Waals surface area contributed by atoms with E-state index in [9.17, 15) is 14.0 Å². The molecule has 2 heterocycles. The van der Waals surface area contributed by atoms with Crippen LogP contribution in [0.5, 0.6) is 0 Å². The molecule has 1 saturated carbocycles. The van der Waals surface area contributed by atoms with Crippen molar-refractivity contribution in [3.05, 3.63) is 29.8 Å². The van der Waals surface area contributed by atoms with Gasteiger partial charge in [-0.05, 0) is 38.3 Å². The van der Waals surface area contributed by atoms with Gasteiger partial charge in [-0.2, -0.15) is 0 Å². The first kappa shape index (κ1) is 14.7. The molecular weight excluding hydrogens is 295 g/mol. The summed E-state index contributed by atoms with van der Waals surface area (Å²) in [6, 6.07) is 7.92. The second-order valence-electron chi connectivity index (χ2n) is 7.43. The Bertz CT molecular complexity index is 668. The number of amides is 2. The molecule has 4 rings (SSSR count). The molecule has 2 amide bonds. The predicted octanol–water partition coefficient (Wildman–Crippen LogP) is 2.45. The monoisotopic (exact) mass is 316 g/mol. The number of anilines is 1. The van der Waals surface area contributed by atoms with Crippen molar-refractivity contribution in [1.29, 1.82) is 0 Å². The number of hydrogen-bond donors (Lipinski definition) is 0. The minimum Gasteiger partial charge on any atom is -0.339 e. The zero-order valence-electron chi connectivity index (χ0n) is 13.3. The quantitative estimate of drug-likeness (QED) is 0.841. The Labute approximate surface area is 135 Å². The Morgan fingerprint density at radius 3 is 2.48 bits per heavy atom. The van der Waals surface area contributed by atoms with Crippen LogP contribution in [0.15, 0.2) is 24.3 Å². The summed E-state index contributed by atoms with van der Waals surface area (Å²) in [4.78, 5) is 28.1. The van der Waals surface area contributed by atoms with Crippen molar-refractivity contribution < 1.29 is 14.0 Å². The molecule has 23 heavy (non-hydrogen) atoms. The fourth-order valence-corrected chi connectivity index (χ4v) is 3.84. The third kappa shape index (κ3) is 2.42. The number of halogens is 1. The van der Waals surface area contributed by atoms with Crippen molar-refractivity contribution in [3.8, 4) is 0 Å². The summed E-state index contributed by atoms with van der Waals surface area (Å²) in [5.41, 5.74) is 0.255. The van der Waals surface area contributed by atoms with E-state index < -0.39 is 5.67 Å². The molecule has 1 aromatic carbocycles. The summed E-state index contributed by atoms with van der Waals surface area (Å²) in [5, 5.41) is 0. The van der Waals surface area contributed by atoms with Crippen LogP contribution >= 0.6 is 0 Å². The number of carbonyl (C=O) groups is 2. The Morgan fingerprint density at radius 2 is 1.83 bits per heavy atom. The van der Waals surface area contributed by atoms with E-state index in [1.54, 1.807) is 4.90 Å². The summed E-state index contributed by atoms with van der Waals surface area (Å²) < 4.78 is 14.0. The maximum atomic E-state index is 14.0. The highest BCUT2D eigenvalue weighted by molar-refractivity contribution is 5.96. The third-order valence-corrected chi connectivity index (χ3v) is 5.46. The average molecular weight is 316 g/mol. The Hall–Kier alpha value is -1.91. The van der Waals surface area contributed by atoms with E-state index in [0.29, 0.717) is 38.9 Å². The predicted molar refractivity (Wildman–Crippen MR) is 84.9 cm³/mol. The molecule has 0 unspecified atom stereocenters. The Kier molecular flexibility index (Phi) is 3.06. The van der Waals surface area contributed by atoms with Crippen LogP contribution in [0.2, 0.25) is 0 Å². The third-order valence-electron chi connectivity index (χ3n) is 5.46. The van der Waals surface area contributed by atoms with Crippen molar-refractivity contribution in [2.45, 2.75) is 38.3 Å².